The number of carbonyl (C=O) groups excluding carboxylic acids is 1. The van der Waals surface area contributed by atoms with Crippen LogP contribution in [0, 0.1) is 0 Å². The Morgan fingerprint density at radius 1 is 1.50 bits per heavy atom. The first-order valence-electron chi connectivity index (χ1n) is 5.58. The molecule has 0 radical (unpaired) electrons. The van der Waals surface area contributed by atoms with Gasteiger partial charge in [-0.1, -0.05) is 28.1 Å². The number of nitrogens with zero attached hydrogens (tertiary/aromatic N) is 2. The van der Waals surface area contributed by atoms with Crippen LogP contribution in [0.3, 0.4) is 0 Å². The zero-order chi connectivity index (χ0) is 15.1. The SMILES string of the molecule is CC1=NN(C(=O)C(F)(F)F)[C@](O)(c2cccc(Br)c2)C1. The van der Waals surface area contributed by atoms with Gasteiger partial charge < -0.3 is 5.11 Å². The molecule has 1 aliphatic rings. The number of aliphatic hydroxyl groups is 1. The molecule has 0 fully saturated rings. The maximum atomic E-state index is 12.6. The van der Waals surface area contributed by atoms with Crippen LogP contribution in [-0.2, 0) is 10.5 Å². The number of hydrogen-bond acceptors (Lipinski definition) is 3. The van der Waals surface area contributed by atoms with Crippen LogP contribution >= 0.6 is 15.9 Å². The average molecular weight is 351 g/mol. The van der Waals surface area contributed by atoms with Crippen LogP contribution in [0.4, 0.5) is 13.2 Å². The Balaban J connectivity index is 2.47. The molecule has 0 aromatic heterocycles. The number of hydrogen-bond donors (Lipinski definition) is 1. The summed E-state index contributed by atoms with van der Waals surface area (Å²) >= 11 is 3.17. The molecule has 2 rings (SSSR count). The fourth-order valence-corrected chi connectivity index (χ4v) is 2.42. The van der Waals surface area contributed by atoms with E-state index in [0.29, 0.717) is 4.47 Å². The molecule has 0 unspecified atom stereocenters. The molecule has 0 aliphatic carbocycles. The molecule has 1 heterocycles. The van der Waals surface area contributed by atoms with Crippen LogP contribution in [0.5, 0.6) is 0 Å². The highest BCUT2D eigenvalue weighted by Gasteiger charge is 2.53. The van der Waals surface area contributed by atoms with Crippen LogP contribution in [0.25, 0.3) is 0 Å². The quantitative estimate of drug-likeness (QED) is 0.846. The summed E-state index contributed by atoms with van der Waals surface area (Å²) in [4.78, 5) is 11.4. The Morgan fingerprint density at radius 2 is 2.15 bits per heavy atom. The highest BCUT2D eigenvalue weighted by molar-refractivity contribution is 9.10. The maximum absolute atomic E-state index is 12.6. The number of halogens is 4. The third-order valence-corrected chi connectivity index (χ3v) is 3.34. The molecular formula is C12H10BrF3N2O2. The van der Waals surface area contributed by atoms with Crippen molar-refractivity contribution in [1.29, 1.82) is 0 Å². The van der Waals surface area contributed by atoms with Gasteiger partial charge >= 0.3 is 12.1 Å². The smallest absolute Gasteiger partial charge is 0.365 e. The minimum absolute atomic E-state index is 0.101. The molecule has 4 nitrogen and oxygen atoms in total. The van der Waals surface area contributed by atoms with Gasteiger partial charge in [-0.05, 0) is 19.1 Å². The van der Waals surface area contributed by atoms with Gasteiger partial charge in [0.15, 0.2) is 5.72 Å². The molecule has 1 aromatic rings. The molecule has 1 atom stereocenters. The lowest BCUT2D eigenvalue weighted by atomic mass is 9.98. The second-order valence-electron chi connectivity index (χ2n) is 4.45. The predicted molar refractivity (Wildman–Crippen MR) is 68.7 cm³/mol. The monoisotopic (exact) mass is 350 g/mol. The van der Waals surface area contributed by atoms with Crippen LogP contribution in [0.15, 0.2) is 33.8 Å². The van der Waals surface area contributed by atoms with Gasteiger partial charge in [0.2, 0.25) is 0 Å². The number of benzene rings is 1. The molecule has 0 bridgehead atoms. The molecule has 0 saturated carbocycles. The highest BCUT2D eigenvalue weighted by atomic mass is 79.9. The average Bonchev–Trinajstić information content (AvgIpc) is 2.64. The Labute approximate surface area is 121 Å². The molecule has 1 N–H and O–H groups in total. The van der Waals surface area contributed by atoms with Crippen molar-refractivity contribution in [3.63, 3.8) is 0 Å². The van der Waals surface area contributed by atoms with Crippen LogP contribution in [-0.4, -0.2) is 27.9 Å². The van der Waals surface area contributed by atoms with E-state index in [0.717, 1.165) is 0 Å². The lowest BCUT2D eigenvalue weighted by Crippen LogP contribution is -2.48. The van der Waals surface area contributed by atoms with E-state index < -0.39 is 17.8 Å². The third-order valence-electron chi connectivity index (χ3n) is 2.85. The van der Waals surface area contributed by atoms with E-state index in [4.69, 9.17) is 0 Å². The fourth-order valence-electron chi connectivity index (χ4n) is 2.02. The van der Waals surface area contributed by atoms with E-state index in [1.165, 1.54) is 19.1 Å². The second kappa shape index (κ2) is 4.85. The third kappa shape index (κ3) is 2.57. The van der Waals surface area contributed by atoms with Crippen LogP contribution < -0.4 is 0 Å². The fraction of sp³-hybridized carbons (Fsp3) is 0.333. The zero-order valence-electron chi connectivity index (χ0n) is 10.3. The summed E-state index contributed by atoms with van der Waals surface area (Å²) in [6.07, 6.45) is -5.28. The molecule has 0 saturated heterocycles. The largest absolute Gasteiger partial charge is 0.473 e. The Bertz CT molecular complexity index is 588. The summed E-state index contributed by atoms with van der Waals surface area (Å²) in [6.45, 7) is 1.45. The molecule has 1 aliphatic heterocycles. The Kier molecular flexibility index (Phi) is 3.64. The number of amides is 1. The van der Waals surface area contributed by atoms with E-state index in [2.05, 4.69) is 21.0 Å². The van der Waals surface area contributed by atoms with Crippen molar-refractivity contribution in [2.45, 2.75) is 25.2 Å². The highest BCUT2D eigenvalue weighted by Crippen LogP contribution is 2.38. The Hall–Kier alpha value is -1.41. The van der Waals surface area contributed by atoms with Gasteiger partial charge in [-0.15, -0.1) is 0 Å². The lowest BCUT2D eigenvalue weighted by Gasteiger charge is -2.31. The predicted octanol–water partition coefficient (Wildman–Crippen LogP) is 2.76. The molecule has 20 heavy (non-hydrogen) atoms. The van der Waals surface area contributed by atoms with E-state index >= 15 is 0 Å². The maximum Gasteiger partial charge on any atom is 0.473 e. The first-order valence-corrected chi connectivity index (χ1v) is 6.38. The summed E-state index contributed by atoms with van der Waals surface area (Å²) in [7, 11) is 0. The van der Waals surface area contributed by atoms with Gasteiger partial charge in [-0.25, -0.2) is 0 Å². The number of carbonyl (C=O) groups is 1. The molecular weight excluding hydrogens is 341 g/mol. The topological polar surface area (TPSA) is 52.9 Å². The van der Waals surface area contributed by atoms with Crippen molar-refractivity contribution in [3.8, 4) is 0 Å². The summed E-state index contributed by atoms with van der Waals surface area (Å²) in [6, 6.07) is 6.10. The first kappa shape index (κ1) is 15.0. The number of rotatable bonds is 1. The van der Waals surface area contributed by atoms with E-state index in [-0.39, 0.29) is 22.7 Å². The molecule has 1 amide bonds. The van der Waals surface area contributed by atoms with Gasteiger partial charge in [-0.3, -0.25) is 4.79 Å². The van der Waals surface area contributed by atoms with Gasteiger partial charge in [-0.2, -0.15) is 23.3 Å². The van der Waals surface area contributed by atoms with Gasteiger partial charge in [0, 0.05) is 22.2 Å². The minimum Gasteiger partial charge on any atom is -0.365 e. The van der Waals surface area contributed by atoms with E-state index in [9.17, 15) is 23.1 Å². The molecule has 1 aromatic carbocycles. The lowest BCUT2D eigenvalue weighted by molar-refractivity contribution is -0.206. The normalized spacial score (nSPS) is 22.9. The molecule has 8 heteroatoms. The minimum atomic E-state index is -5.10. The van der Waals surface area contributed by atoms with Crippen molar-refractivity contribution in [2.75, 3.05) is 0 Å². The summed E-state index contributed by atoms with van der Waals surface area (Å²) in [5, 5.41) is 14.2. The van der Waals surface area contributed by atoms with Crippen molar-refractivity contribution in [2.24, 2.45) is 5.10 Å². The first-order chi connectivity index (χ1) is 9.14. The number of hydrazone groups is 1. The van der Waals surface area contributed by atoms with Crippen molar-refractivity contribution in [3.05, 3.63) is 34.3 Å². The second-order valence-corrected chi connectivity index (χ2v) is 5.37. The van der Waals surface area contributed by atoms with Gasteiger partial charge in [0.05, 0.1) is 0 Å². The molecule has 108 valence electrons. The summed E-state index contributed by atoms with van der Waals surface area (Å²) in [5.74, 6) is -2.20. The summed E-state index contributed by atoms with van der Waals surface area (Å²) < 4.78 is 38.3. The number of alkyl halides is 3. The van der Waals surface area contributed by atoms with Gasteiger partial charge in [0.1, 0.15) is 0 Å². The van der Waals surface area contributed by atoms with Crippen LogP contribution in [0.2, 0.25) is 0 Å². The van der Waals surface area contributed by atoms with Crippen molar-refractivity contribution < 1.29 is 23.1 Å². The standard InChI is InChI=1S/C12H10BrF3N2O2/c1-7-6-11(20,8-3-2-4-9(13)5-8)18(17-7)10(19)12(14,15)16/h2-5,20H,6H2,1H3/t11-/m1/s1. The Morgan fingerprint density at radius 3 is 2.70 bits per heavy atom. The van der Waals surface area contributed by atoms with E-state index in [1.54, 1.807) is 12.1 Å². The van der Waals surface area contributed by atoms with Gasteiger partial charge in [0.25, 0.3) is 0 Å². The van der Waals surface area contributed by atoms with Crippen molar-refractivity contribution in [1.82, 2.24) is 5.01 Å². The zero-order valence-corrected chi connectivity index (χ0v) is 11.9. The molecule has 0 spiro atoms. The van der Waals surface area contributed by atoms with E-state index in [1.807, 2.05) is 0 Å². The summed E-state index contributed by atoms with van der Waals surface area (Å²) in [5.41, 5.74) is -1.73. The van der Waals surface area contributed by atoms with Crippen molar-refractivity contribution >= 4 is 27.5 Å². The van der Waals surface area contributed by atoms with Crippen LogP contribution in [0.1, 0.15) is 18.9 Å².